The van der Waals surface area contributed by atoms with Crippen LogP contribution in [-0.2, 0) is 9.84 Å². The van der Waals surface area contributed by atoms with E-state index in [1.807, 2.05) is 59.5 Å². The van der Waals surface area contributed by atoms with Gasteiger partial charge in [-0.15, -0.1) is 0 Å². The summed E-state index contributed by atoms with van der Waals surface area (Å²) in [4.78, 5) is 32.8. The van der Waals surface area contributed by atoms with Gasteiger partial charge in [0.2, 0.25) is 0 Å². The molecule has 226 valence electrons. The number of aromatic amines is 1. The minimum atomic E-state index is -3.75. The summed E-state index contributed by atoms with van der Waals surface area (Å²) in [5.41, 5.74) is 12.2. The van der Waals surface area contributed by atoms with E-state index in [9.17, 15) is 13.2 Å². The Bertz CT molecular complexity index is 2160. The highest BCUT2D eigenvalue weighted by Crippen LogP contribution is 2.46. The molecule has 2 aliphatic heterocycles. The van der Waals surface area contributed by atoms with Crippen LogP contribution in [0.4, 0.5) is 5.82 Å². The van der Waals surface area contributed by atoms with Crippen LogP contribution in [0.1, 0.15) is 47.8 Å². The first-order valence-corrected chi connectivity index (χ1v) is 16.8. The van der Waals surface area contributed by atoms with E-state index >= 15 is 0 Å². The summed E-state index contributed by atoms with van der Waals surface area (Å²) >= 11 is 0. The first-order valence-electron chi connectivity index (χ1n) is 14.9. The predicted octanol–water partition coefficient (Wildman–Crippen LogP) is 4.87. The number of piperidine rings is 1. The van der Waals surface area contributed by atoms with Crippen molar-refractivity contribution in [3.05, 3.63) is 90.8 Å². The Balaban J connectivity index is 1.16. The van der Waals surface area contributed by atoms with E-state index in [0.717, 1.165) is 46.8 Å². The summed E-state index contributed by atoms with van der Waals surface area (Å²) in [6, 6.07) is 17.4. The molecule has 2 saturated heterocycles. The number of carbonyl (C=O) groups excluding carboxylic acids is 1. The Morgan fingerprint density at radius 1 is 0.978 bits per heavy atom. The zero-order valence-electron chi connectivity index (χ0n) is 24.5. The maximum atomic E-state index is 13.7. The number of nitrogens with two attached hydrogens (primary N) is 1. The number of sulfone groups is 1. The maximum absolute atomic E-state index is 13.7. The first-order chi connectivity index (χ1) is 21.8. The van der Waals surface area contributed by atoms with Crippen molar-refractivity contribution in [2.24, 2.45) is 0 Å². The minimum absolute atomic E-state index is 0.00879. The SMILES string of the molecule is CS(=O)(=O)c1c(C2CC3CCC(C2)N3C(=O)c2cc3cnccc3[nH]2)nc2c(-c3ccc(-c4ccccc4)nc3)cnn2c1N. The van der Waals surface area contributed by atoms with E-state index in [0.29, 0.717) is 35.4 Å². The molecular weight excluding hydrogens is 588 g/mol. The molecule has 2 unspecified atom stereocenters. The molecule has 7 heterocycles. The lowest BCUT2D eigenvalue weighted by Gasteiger charge is -2.39. The Kier molecular flexibility index (Phi) is 6.24. The largest absolute Gasteiger partial charge is 0.382 e. The second-order valence-electron chi connectivity index (χ2n) is 12.0. The van der Waals surface area contributed by atoms with Gasteiger partial charge in [-0.2, -0.15) is 9.61 Å². The van der Waals surface area contributed by atoms with Gasteiger partial charge in [0, 0.05) is 70.4 Å². The average Bonchev–Trinajstić information content (AvgIpc) is 3.74. The number of fused-ring (bicyclic) bond motifs is 4. The van der Waals surface area contributed by atoms with Crippen molar-refractivity contribution in [1.29, 1.82) is 0 Å². The molecule has 2 bridgehead atoms. The van der Waals surface area contributed by atoms with Crippen LogP contribution in [0.2, 0.25) is 0 Å². The summed E-state index contributed by atoms with van der Waals surface area (Å²) in [5.74, 6) is -0.208. The quantitative estimate of drug-likeness (QED) is 0.278. The molecule has 3 N–H and O–H groups in total. The van der Waals surface area contributed by atoms with E-state index in [1.54, 1.807) is 24.8 Å². The van der Waals surface area contributed by atoms with Crippen LogP contribution in [0, 0.1) is 0 Å². The molecule has 11 nitrogen and oxygen atoms in total. The molecule has 1 aromatic carbocycles. The highest BCUT2D eigenvalue weighted by Gasteiger charge is 2.46. The predicted molar refractivity (Wildman–Crippen MR) is 170 cm³/mol. The van der Waals surface area contributed by atoms with E-state index in [2.05, 4.69) is 20.1 Å². The van der Waals surface area contributed by atoms with Crippen LogP contribution in [0.5, 0.6) is 0 Å². The third-order valence-electron chi connectivity index (χ3n) is 9.18. The Labute approximate surface area is 259 Å². The van der Waals surface area contributed by atoms with Crippen molar-refractivity contribution in [2.45, 2.75) is 48.6 Å². The molecule has 2 fully saturated rings. The van der Waals surface area contributed by atoms with E-state index in [-0.39, 0.29) is 34.6 Å². The molecule has 0 saturated carbocycles. The average molecular weight is 619 g/mol. The third kappa shape index (κ3) is 4.55. The van der Waals surface area contributed by atoms with Gasteiger partial charge in [0.1, 0.15) is 16.4 Å². The van der Waals surface area contributed by atoms with Gasteiger partial charge in [-0.25, -0.2) is 13.4 Å². The number of carbonyl (C=O) groups is 1. The molecule has 1 amide bonds. The van der Waals surface area contributed by atoms with Crippen molar-refractivity contribution in [2.75, 3.05) is 12.0 Å². The third-order valence-corrected chi connectivity index (χ3v) is 10.3. The number of amides is 1. The minimum Gasteiger partial charge on any atom is -0.382 e. The number of H-pyrrole nitrogens is 1. The molecule has 6 aromatic rings. The van der Waals surface area contributed by atoms with Crippen LogP contribution < -0.4 is 5.73 Å². The molecule has 12 heteroatoms. The number of aromatic nitrogens is 6. The number of anilines is 1. The summed E-state index contributed by atoms with van der Waals surface area (Å²) in [6.45, 7) is 0. The summed E-state index contributed by atoms with van der Waals surface area (Å²) in [7, 11) is -3.75. The van der Waals surface area contributed by atoms with Gasteiger partial charge >= 0.3 is 0 Å². The smallest absolute Gasteiger partial charge is 0.270 e. The highest BCUT2D eigenvalue weighted by molar-refractivity contribution is 7.91. The highest BCUT2D eigenvalue weighted by atomic mass is 32.2. The Morgan fingerprint density at radius 3 is 2.44 bits per heavy atom. The van der Waals surface area contributed by atoms with Crippen molar-refractivity contribution >= 4 is 38.1 Å². The second kappa shape index (κ2) is 10.2. The van der Waals surface area contributed by atoms with Gasteiger partial charge in [-0.05, 0) is 43.9 Å². The maximum Gasteiger partial charge on any atom is 0.270 e. The van der Waals surface area contributed by atoms with Crippen molar-refractivity contribution in [1.82, 2.24) is 34.4 Å². The monoisotopic (exact) mass is 618 g/mol. The number of benzene rings is 1. The number of pyridine rings is 2. The topological polar surface area (TPSA) is 152 Å². The normalized spacial score (nSPS) is 19.8. The molecule has 0 spiro atoms. The molecule has 45 heavy (non-hydrogen) atoms. The standard InChI is InChI=1S/C33H30N8O3S/c1-45(43,44)30-29(21-13-23-8-9-24(14-21)40(23)33(42)28-15-22-16-35-12-11-27(22)38-28)39-32-25(18-37-41(32)31(30)34)20-7-10-26(36-17-20)19-5-3-2-4-6-19/h2-7,10-12,15-18,21,23-24,38H,8-9,13-14,34H2,1H3. The van der Waals surface area contributed by atoms with Crippen LogP contribution in [0.15, 0.2) is 84.3 Å². The van der Waals surface area contributed by atoms with Gasteiger partial charge in [0.15, 0.2) is 15.5 Å². The summed E-state index contributed by atoms with van der Waals surface area (Å²) < 4.78 is 27.8. The summed E-state index contributed by atoms with van der Waals surface area (Å²) in [5, 5.41) is 5.33. The van der Waals surface area contributed by atoms with Crippen molar-refractivity contribution in [3.8, 4) is 22.4 Å². The van der Waals surface area contributed by atoms with Gasteiger partial charge in [0.25, 0.3) is 5.91 Å². The summed E-state index contributed by atoms with van der Waals surface area (Å²) in [6.07, 6.45) is 10.9. The zero-order chi connectivity index (χ0) is 30.9. The van der Waals surface area contributed by atoms with Crippen molar-refractivity contribution < 1.29 is 13.2 Å². The van der Waals surface area contributed by atoms with Gasteiger partial charge < -0.3 is 15.6 Å². The molecule has 8 rings (SSSR count). The van der Waals surface area contributed by atoms with Gasteiger partial charge in [0.05, 0.1) is 17.6 Å². The molecular formula is C33H30N8O3S. The zero-order valence-corrected chi connectivity index (χ0v) is 25.3. The molecule has 0 radical (unpaired) electrons. The van der Waals surface area contributed by atoms with Crippen LogP contribution >= 0.6 is 0 Å². The lowest BCUT2D eigenvalue weighted by atomic mass is 9.87. The Morgan fingerprint density at radius 2 is 1.76 bits per heavy atom. The fourth-order valence-corrected chi connectivity index (χ4v) is 8.23. The molecule has 2 atom stereocenters. The fourth-order valence-electron chi connectivity index (χ4n) is 7.17. The number of nitrogen functional groups attached to an aromatic ring is 1. The lowest BCUT2D eigenvalue weighted by Crippen LogP contribution is -2.46. The fraction of sp³-hybridized carbons (Fsp3) is 0.242. The van der Waals surface area contributed by atoms with E-state index in [4.69, 9.17) is 10.7 Å². The number of hydrogen-bond donors (Lipinski definition) is 2. The van der Waals surface area contributed by atoms with Crippen LogP contribution in [-0.4, -0.2) is 67.1 Å². The number of nitrogens with zero attached hydrogens (tertiary/aromatic N) is 6. The molecule has 0 aliphatic carbocycles. The number of hydrogen-bond acceptors (Lipinski definition) is 8. The Hall–Kier alpha value is -5.10. The van der Waals surface area contributed by atoms with Crippen LogP contribution in [0.3, 0.4) is 0 Å². The molecule has 2 aliphatic rings. The van der Waals surface area contributed by atoms with Crippen molar-refractivity contribution in [3.63, 3.8) is 0 Å². The van der Waals surface area contributed by atoms with E-state index in [1.165, 1.54) is 4.52 Å². The van der Waals surface area contributed by atoms with Gasteiger partial charge in [-0.3, -0.25) is 14.8 Å². The second-order valence-corrected chi connectivity index (χ2v) is 13.9. The van der Waals surface area contributed by atoms with Gasteiger partial charge in [-0.1, -0.05) is 36.4 Å². The first kappa shape index (κ1) is 27.4. The molecule has 5 aromatic heterocycles. The number of nitrogens with one attached hydrogen (secondary N) is 1. The lowest BCUT2D eigenvalue weighted by molar-refractivity contribution is 0.0563. The van der Waals surface area contributed by atoms with E-state index < -0.39 is 9.84 Å². The van der Waals surface area contributed by atoms with Crippen LogP contribution in [0.25, 0.3) is 38.9 Å². The number of rotatable bonds is 5.